The highest BCUT2D eigenvalue weighted by atomic mass is 32.2. The lowest BCUT2D eigenvalue weighted by Gasteiger charge is -2.11. The Kier molecular flexibility index (Phi) is 4.90. The van der Waals surface area contributed by atoms with Crippen molar-refractivity contribution in [1.29, 1.82) is 0 Å². The predicted molar refractivity (Wildman–Crippen MR) is 106 cm³/mol. The van der Waals surface area contributed by atoms with Crippen molar-refractivity contribution in [3.05, 3.63) is 47.7 Å². The second-order valence-electron chi connectivity index (χ2n) is 6.20. The molecular formula is C18H19N5OS2. The molecule has 1 amide bonds. The summed E-state index contributed by atoms with van der Waals surface area (Å²) >= 11 is 3.20. The fourth-order valence-electron chi connectivity index (χ4n) is 2.49. The number of nitrogens with zero attached hydrogens (tertiary/aromatic N) is 2. The van der Waals surface area contributed by atoms with Gasteiger partial charge in [0.25, 0.3) is 0 Å². The lowest BCUT2D eigenvalue weighted by molar-refractivity contribution is -0.117. The van der Waals surface area contributed by atoms with Gasteiger partial charge < -0.3 is 16.8 Å². The van der Waals surface area contributed by atoms with Crippen molar-refractivity contribution in [3.8, 4) is 0 Å². The van der Waals surface area contributed by atoms with E-state index >= 15 is 0 Å². The Bertz CT molecular complexity index is 936. The van der Waals surface area contributed by atoms with Crippen LogP contribution in [0.4, 0.5) is 5.13 Å². The Morgan fingerprint density at radius 3 is 2.69 bits per heavy atom. The minimum atomic E-state index is -0.741. The highest BCUT2D eigenvalue weighted by Gasteiger charge is 2.23. The summed E-state index contributed by atoms with van der Waals surface area (Å²) in [5, 5.41) is 4.03. The van der Waals surface area contributed by atoms with Gasteiger partial charge in [0.05, 0.1) is 5.69 Å². The van der Waals surface area contributed by atoms with E-state index in [1.165, 1.54) is 29.1 Å². The molecule has 0 spiro atoms. The van der Waals surface area contributed by atoms with Gasteiger partial charge in [-0.15, -0.1) is 11.8 Å². The van der Waals surface area contributed by atoms with Gasteiger partial charge in [-0.25, -0.2) is 9.97 Å². The number of aromatic nitrogens is 2. The molecule has 5 N–H and O–H groups in total. The largest absolute Gasteiger partial charge is 0.325 e. The summed E-state index contributed by atoms with van der Waals surface area (Å²) in [6.45, 7) is 0.370. The van der Waals surface area contributed by atoms with Crippen molar-refractivity contribution >= 4 is 44.5 Å². The van der Waals surface area contributed by atoms with Gasteiger partial charge in [0.2, 0.25) is 5.91 Å². The van der Waals surface area contributed by atoms with Crippen molar-refractivity contribution in [3.63, 3.8) is 0 Å². The van der Waals surface area contributed by atoms with E-state index < -0.39 is 6.04 Å². The molecule has 0 bridgehead atoms. The lowest BCUT2D eigenvalue weighted by atomic mass is 10.1. The minimum absolute atomic E-state index is 0.286. The molecule has 4 rings (SSSR count). The topological polar surface area (TPSA) is 107 Å². The molecule has 6 nitrogen and oxygen atoms in total. The number of amides is 1. The molecule has 2 aromatic heterocycles. The number of hydrogen-bond donors (Lipinski definition) is 3. The summed E-state index contributed by atoms with van der Waals surface area (Å²) in [4.78, 5) is 23.2. The zero-order valence-corrected chi connectivity index (χ0v) is 15.6. The van der Waals surface area contributed by atoms with E-state index in [4.69, 9.17) is 11.5 Å². The molecule has 1 atom stereocenters. The van der Waals surface area contributed by atoms with Crippen molar-refractivity contribution in [1.82, 2.24) is 9.97 Å². The third-order valence-electron chi connectivity index (χ3n) is 4.10. The summed E-state index contributed by atoms with van der Waals surface area (Å²) < 4.78 is 0. The molecule has 1 aliphatic carbocycles. The van der Waals surface area contributed by atoms with Gasteiger partial charge in [-0.1, -0.05) is 23.5 Å². The van der Waals surface area contributed by atoms with Gasteiger partial charge in [-0.3, -0.25) is 4.79 Å². The Labute approximate surface area is 159 Å². The number of nitrogens with one attached hydrogen (secondary N) is 1. The van der Waals surface area contributed by atoms with Crippen LogP contribution in [0.25, 0.3) is 10.3 Å². The van der Waals surface area contributed by atoms with Crippen LogP contribution in [-0.4, -0.2) is 21.1 Å². The Morgan fingerprint density at radius 2 is 2.00 bits per heavy atom. The van der Waals surface area contributed by atoms with E-state index in [9.17, 15) is 4.79 Å². The zero-order chi connectivity index (χ0) is 18.1. The molecule has 1 aliphatic rings. The molecule has 0 saturated heterocycles. The van der Waals surface area contributed by atoms with Gasteiger partial charge in [0.15, 0.2) is 5.13 Å². The molecule has 0 aliphatic heterocycles. The third-order valence-corrected chi connectivity index (χ3v) is 6.33. The number of anilines is 1. The number of carbonyl (C=O) groups excluding carboxylic acids is 1. The number of rotatable bonds is 6. The van der Waals surface area contributed by atoms with Crippen LogP contribution in [0.2, 0.25) is 0 Å². The van der Waals surface area contributed by atoms with Crippen molar-refractivity contribution in [2.75, 3.05) is 5.32 Å². The maximum atomic E-state index is 12.5. The van der Waals surface area contributed by atoms with Gasteiger partial charge >= 0.3 is 0 Å². The number of fused-ring (bicyclic) bond motifs is 1. The van der Waals surface area contributed by atoms with Crippen LogP contribution in [0.3, 0.4) is 0 Å². The smallest absolute Gasteiger partial charge is 0.247 e. The quantitative estimate of drug-likeness (QED) is 0.602. The van der Waals surface area contributed by atoms with E-state index in [0.29, 0.717) is 11.7 Å². The van der Waals surface area contributed by atoms with Crippen LogP contribution in [0.15, 0.2) is 41.3 Å². The number of thioether (sulfide) groups is 1. The first-order valence-corrected chi connectivity index (χ1v) is 10.1. The number of benzene rings is 1. The van der Waals surface area contributed by atoms with Crippen molar-refractivity contribution in [2.24, 2.45) is 11.5 Å². The molecule has 2 heterocycles. The summed E-state index contributed by atoms with van der Waals surface area (Å²) in [6, 6.07) is 10.8. The maximum absolute atomic E-state index is 12.5. The average molecular weight is 386 g/mol. The fraction of sp³-hybridized carbons (Fsp3) is 0.278. The third kappa shape index (κ3) is 3.88. The zero-order valence-electron chi connectivity index (χ0n) is 14.0. The molecule has 8 heteroatoms. The molecule has 1 fully saturated rings. The van der Waals surface area contributed by atoms with E-state index in [1.54, 1.807) is 0 Å². The van der Waals surface area contributed by atoms with Gasteiger partial charge in [-0.05, 0) is 42.7 Å². The molecule has 1 saturated carbocycles. The predicted octanol–water partition coefficient (Wildman–Crippen LogP) is 3.04. The van der Waals surface area contributed by atoms with E-state index in [0.717, 1.165) is 26.9 Å². The first-order valence-electron chi connectivity index (χ1n) is 8.42. The van der Waals surface area contributed by atoms with Crippen LogP contribution in [0.1, 0.15) is 30.1 Å². The van der Waals surface area contributed by atoms with Crippen molar-refractivity contribution < 1.29 is 4.79 Å². The van der Waals surface area contributed by atoms with Gasteiger partial charge in [0, 0.05) is 16.7 Å². The molecule has 1 unspecified atom stereocenters. The standard InChI is InChI=1S/C18H19N5OS2/c19-9-11-3-8-14-17(21-11)26-18(22-14)23-16(24)15(20)10-1-4-12(5-2-10)25-13-6-7-13/h1-5,8,13,15H,6-7,9,19-20H2,(H,22,23,24). The Hall–Kier alpha value is -2.00. The SMILES string of the molecule is NCc1ccc2nc(NC(=O)C(N)c3ccc(SC4CC4)cc3)sc2n1. The van der Waals surface area contributed by atoms with E-state index in [2.05, 4.69) is 15.3 Å². The van der Waals surface area contributed by atoms with Crippen LogP contribution in [-0.2, 0) is 11.3 Å². The van der Waals surface area contributed by atoms with Crippen LogP contribution >= 0.6 is 23.1 Å². The average Bonchev–Trinajstić information content (AvgIpc) is 3.38. The maximum Gasteiger partial charge on any atom is 0.247 e. The molecule has 0 radical (unpaired) electrons. The summed E-state index contributed by atoms with van der Waals surface area (Å²) in [7, 11) is 0. The fourth-order valence-corrected chi connectivity index (χ4v) is 4.40. The number of pyridine rings is 1. The second-order valence-corrected chi connectivity index (χ2v) is 8.55. The summed E-state index contributed by atoms with van der Waals surface area (Å²) in [6.07, 6.45) is 2.58. The summed E-state index contributed by atoms with van der Waals surface area (Å²) in [5.74, 6) is -0.286. The highest BCUT2D eigenvalue weighted by molar-refractivity contribution is 8.00. The second kappa shape index (κ2) is 7.32. The number of nitrogens with two attached hydrogens (primary N) is 2. The Morgan fingerprint density at radius 1 is 1.23 bits per heavy atom. The first-order chi connectivity index (χ1) is 12.6. The van der Waals surface area contributed by atoms with E-state index in [1.807, 2.05) is 48.2 Å². The van der Waals surface area contributed by atoms with Gasteiger partial charge in [0.1, 0.15) is 16.4 Å². The van der Waals surface area contributed by atoms with E-state index in [-0.39, 0.29) is 5.91 Å². The molecule has 1 aromatic carbocycles. The molecule has 134 valence electrons. The van der Waals surface area contributed by atoms with Gasteiger partial charge in [-0.2, -0.15) is 0 Å². The number of thiazole rings is 1. The van der Waals surface area contributed by atoms with Crippen LogP contribution < -0.4 is 16.8 Å². The normalized spacial score (nSPS) is 15.2. The molecule has 3 aromatic rings. The Balaban J connectivity index is 1.44. The molecular weight excluding hydrogens is 366 g/mol. The summed E-state index contributed by atoms with van der Waals surface area (Å²) in [5.41, 5.74) is 14.0. The number of hydrogen-bond acceptors (Lipinski definition) is 7. The highest BCUT2D eigenvalue weighted by Crippen LogP contribution is 2.39. The minimum Gasteiger partial charge on any atom is -0.325 e. The molecule has 26 heavy (non-hydrogen) atoms. The van der Waals surface area contributed by atoms with Crippen LogP contribution in [0.5, 0.6) is 0 Å². The lowest BCUT2D eigenvalue weighted by Crippen LogP contribution is -2.27. The first kappa shape index (κ1) is 17.4. The van der Waals surface area contributed by atoms with Crippen molar-refractivity contribution in [2.45, 2.75) is 35.6 Å². The number of carbonyl (C=O) groups is 1. The monoisotopic (exact) mass is 385 g/mol. The van der Waals surface area contributed by atoms with Crippen LogP contribution in [0, 0.1) is 0 Å².